The zero-order valence-electron chi connectivity index (χ0n) is 21.0. The molecular formula is C21H33N5O12S. The van der Waals surface area contributed by atoms with Crippen LogP contribution in [-0.2, 0) is 38.4 Å². The molecule has 39 heavy (non-hydrogen) atoms. The first-order valence-electron chi connectivity index (χ1n) is 11.5. The van der Waals surface area contributed by atoms with Crippen LogP contribution in [0.25, 0.3) is 0 Å². The maximum atomic E-state index is 13.0. The summed E-state index contributed by atoms with van der Waals surface area (Å²) in [5.74, 6) is -9.01. The van der Waals surface area contributed by atoms with Crippen molar-refractivity contribution in [2.45, 2.75) is 62.7 Å². The molecule has 0 aliphatic carbocycles. The number of aliphatic carboxylic acids is 4. The molecule has 0 heterocycles. The summed E-state index contributed by atoms with van der Waals surface area (Å²) >= 11 is 1.33. The lowest BCUT2D eigenvalue weighted by molar-refractivity contribution is -0.141. The van der Waals surface area contributed by atoms with Crippen LogP contribution in [-0.4, -0.2) is 111 Å². The average molecular weight is 580 g/mol. The maximum Gasteiger partial charge on any atom is 0.322 e. The van der Waals surface area contributed by atoms with Crippen molar-refractivity contribution < 1.29 is 58.8 Å². The zero-order valence-corrected chi connectivity index (χ0v) is 21.8. The number of thioether (sulfide) groups is 1. The lowest BCUT2D eigenvalue weighted by atomic mass is 10.1. The van der Waals surface area contributed by atoms with Gasteiger partial charge in [-0.05, 0) is 31.3 Å². The number of amides is 4. The molecule has 0 aromatic carbocycles. The molecule has 0 radical (unpaired) electrons. The summed E-state index contributed by atoms with van der Waals surface area (Å²) in [5.41, 5.74) is 5.47. The Morgan fingerprint density at radius 3 is 1.46 bits per heavy atom. The molecule has 0 rings (SSSR count). The number of rotatable bonds is 20. The predicted octanol–water partition coefficient (Wildman–Crippen LogP) is -3.07. The third-order valence-corrected chi connectivity index (χ3v) is 5.59. The highest BCUT2D eigenvalue weighted by molar-refractivity contribution is 7.98. The summed E-state index contributed by atoms with van der Waals surface area (Å²) in [7, 11) is 0. The van der Waals surface area contributed by atoms with Gasteiger partial charge in [0.15, 0.2) is 0 Å². The van der Waals surface area contributed by atoms with E-state index in [-0.39, 0.29) is 6.42 Å². The first-order valence-corrected chi connectivity index (χ1v) is 12.9. The molecule has 0 aromatic heterocycles. The first kappa shape index (κ1) is 35.1. The Hall–Kier alpha value is -3.93. The second-order valence-electron chi connectivity index (χ2n) is 8.15. The van der Waals surface area contributed by atoms with Crippen LogP contribution in [0.15, 0.2) is 0 Å². The van der Waals surface area contributed by atoms with Gasteiger partial charge in [0.05, 0.1) is 12.5 Å². The van der Waals surface area contributed by atoms with E-state index >= 15 is 0 Å². The molecule has 0 spiro atoms. The molecule has 17 nitrogen and oxygen atoms in total. The van der Waals surface area contributed by atoms with Gasteiger partial charge in [-0.2, -0.15) is 11.8 Å². The van der Waals surface area contributed by atoms with E-state index in [9.17, 15) is 38.4 Å². The molecule has 0 aliphatic rings. The first-order chi connectivity index (χ1) is 18.2. The molecular weight excluding hydrogens is 546 g/mol. The molecule has 10 N–H and O–H groups in total. The van der Waals surface area contributed by atoms with Crippen LogP contribution in [0.2, 0.25) is 0 Å². The number of carbonyl (C=O) groups is 8. The number of nitrogens with two attached hydrogens (primary N) is 1. The molecule has 4 atom stereocenters. The summed E-state index contributed by atoms with van der Waals surface area (Å²) in [6.07, 6.45) is -1.16. The van der Waals surface area contributed by atoms with Crippen LogP contribution < -0.4 is 27.0 Å². The Kier molecular flexibility index (Phi) is 16.5. The minimum Gasteiger partial charge on any atom is -0.481 e. The van der Waals surface area contributed by atoms with Gasteiger partial charge in [-0.3, -0.25) is 38.4 Å². The average Bonchev–Trinajstić information content (AvgIpc) is 2.83. The third kappa shape index (κ3) is 15.8. The molecule has 0 aromatic rings. The topological polar surface area (TPSA) is 292 Å². The fraction of sp³-hybridized carbons (Fsp3) is 0.619. The lowest BCUT2D eigenvalue weighted by Gasteiger charge is -2.25. The van der Waals surface area contributed by atoms with Crippen molar-refractivity contribution in [2.75, 3.05) is 18.6 Å². The normalized spacial score (nSPS) is 13.6. The van der Waals surface area contributed by atoms with Crippen LogP contribution in [0.5, 0.6) is 0 Å². The molecule has 0 unspecified atom stereocenters. The standard InChI is InChI=1S/C21H33N5O12S/c1-39-7-6-13(19(36)23-9-17(33)34)26-21(38)12(3-5-15(29)30)25-20(37)11(2-4-14(27)28)24-18(35)10(22)8-16(31)32/h10-13H,2-9,22H2,1H3,(H,23,36)(H,24,35)(H,25,37)(H,26,38)(H,27,28)(H,29,30)(H,31,32)(H,33,34)/t10-,11-,12-,13-/m0/s1. The van der Waals surface area contributed by atoms with Crippen molar-refractivity contribution in [1.82, 2.24) is 21.3 Å². The minimum atomic E-state index is -1.58. The van der Waals surface area contributed by atoms with Gasteiger partial charge in [0, 0.05) is 12.8 Å². The van der Waals surface area contributed by atoms with E-state index in [0.717, 1.165) is 0 Å². The summed E-state index contributed by atoms with van der Waals surface area (Å²) in [5, 5.41) is 44.4. The second kappa shape index (κ2) is 18.3. The van der Waals surface area contributed by atoms with Gasteiger partial charge in [0.2, 0.25) is 23.6 Å². The van der Waals surface area contributed by atoms with E-state index in [1.54, 1.807) is 6.26 Å². The Morgan fingerprint density at radius 1 is 0.641 bits per heavy atom. The van der Waals surface area contributed by atoms with Gasteiger partial charge in [-0.1, -0.05) is 0 Å². The highest BCUT2D eigenvalue weighted by Crippen LogP contribution is 2.07. The number of hydrogen-bond acceptors (Lipinski definition) is 10. The van der Waals surface area contributed by atoms with E-state index in [0.29, 0.717) is 5.75 Å². The van der Waals surface area contributed by atoms with Gasteiger partial charge >= 0.3 is 23.9 Å². The molecule has 4 amide bonds. The number of carboxylic acid groups (broad SMARTS) is 4. The molecule has 0 fully saturated rings. The van der Waals surface area contributed by atoms with Gasteiger partial charge in [-0.15, -0.1) is 0 Å². The van der Waals surface area contributed by atoms with Crippen LogP contribution in [0.4, 0.5) is 0 Å². The third-order valence-electron chi connectivity index (χ3n) is 4.95. The quantitative estimate of drug-likeness (QED) is 0.0691. The summed E-state index contributed by atoms with van der Waals surface area (Å²) in [4.78, 5) is 94.2. The lowest BCUT2D eigenvalue weighted by Crippen LogP contribution is -2.58. The second-order valence-corrected chi connectivity index (χ2v) is 9.13. The molecule has 0 saturated heterocycles. The highest BCUT2D eigenvalue weighted by Gasteiger charge is 2.31. The Morgan fingerprint density at radius 2 is 1.08 bits per heavy atom. The van der Waals surface area contributed by atoms with Crippen molar-refractivity contribution in [1.29, 1.82) is 0 Å². The van der Waals surface area contributed by atoms with E-state index in [1.165, 1.54) is 11.8 Å². The predicted molar refractivity (Wildman–Crippen MR) is 133 cm³/mol. The maximum absolute atomic E-state index is 13.0. The van der Waals surface area contributed by atoms with Crippen molar-refractivity contribution in [3.63, 3.8) is 0 Å². The van der Waals surface area contributed by atoms with Crippen molar-refractivity contribution >= 4 is 59.3 Å². The van der Waals surface area contributed by atoms with Crippen molar-refractivity contribution in [3.8, 4) is 0 Å². The fourth-order valence-corrected chi connectivity index (χ4v) is 3.44. The largest absolute Gasteiger partial charge is 0.481 e. The van der Waals surface area contributed by atoms with E-state index < -0.39 is 110 Å². The minimum absolute atomic E-state index is 0.0662. The van der Waals surface area contributed by atoms with Gasteiger partial charge in [0.1, 0.15) is 24.7 Å². The Labute approximate surface area is 226 Å². The summed E-state index contributed by atoms with van der Waals surface area (Å²) < 4.78 is 0. The molecule has 0 bridgehead atoms. The molecule has 0 saturated carbocycles. The van der Waals surface area contributed by atoms with E-state index in [2.05, 4.69) is 21.3 Å². The Bertz CT molecular complexity index is 931. The van der Waals surface area contributed by atoms with Crippen LogP contribution >= 0.6 is 11.8 Å². The fourth-order valence-electron chi connectivity index (χ4n) is 2.97. The van der Waals surface area contributed by atoms with E-state index in [4.69, 9.17) is 26.2 Å². The number of hydrogen-bond donors (Lipinski definition) is 9. The number of nitrogens with one attached hydrogen (secondary N) is 4. The van der Waals surface area contributed by atoms with Crippen LogP contribution in [0.3, 0.4) is 0 Å². The number of carboxylic acids is 4. The van der Waals surface area contributed by atoms with Crippen LogP contribution in [0.1, 0.15) is 38.5 Å². The summed E-state index contributed by atoms with van der Waals surface area (Å²) in [6, 6.07) is -5.95. The molecule has 18 heteroatoms. The Balaban J connectivity index is 5.78. The monoisotopic (exact) mass is 579 g/mol. The van der Waals surface area contributed by atoms with Gasteiger partial charge in [-0.25, -0.2) is 0 Å². The van der Waals surface area contributed by atoms with Crippen LogP contribution in [0, 0.1) is 0 Å². The summed E-state index contributed by atoms with van der Waals surface area (Å²) in [6.45, 7) is -0.724. The molecule has 0 aliphatic heterocycles. The van der Waals surface area contributed by atoms with Gasteiger partial charge in [0.25, 0.3) is 0 Å². The smallest absolute Gasteiger partial charge is 0.322 e. The number of carbonyl (C=O) groups excluding carboxylic acids is 4. The van der Waals surface area contributed by atoms with Crippen molar-refractivity contribution in [2.24, 2.45) is 5.73 Å². The SMILES string of the molecule is CSCC[C@H](NC(=O)[C@H](CCC(=O)O)NC(=O)[C@H](CCC(=O)O)NC(=O)[C@@H](N)CC(=O)O)C(=O)NCC(=O)O. The van der Waals surface area contributed by atoms with Crippen molar-refractivity contribution in [3.05, 3.63) is 0 Å². The molecule has 220 valence electrons. The van der Waals surface area contributed by atoms with E-state index in [1.807, 2.05) is 0 Å². The highest BCUT2D eigenvalue weighted by atomic mass is 32.2. The zero-order chi connectivity index (χ0) is 30.1. The van der Waals surface area contributed by atoms with Gasteiger partial charge < -0.3 is 47.4 Å².